The Morgan fingerprint density at radius 2 is 2.00 bits per heavy atom. The van der Waals surface area contributed by atoms with Gasteiger partial charge in [0.2, 0.25) is 0 Å². The first-order valence-electron chi connectivity index (χ1n) is 10.9. The summed E-state index contributed by atoms with van der Waals surface area (Å²) in [6.07, 6.45) is 14.6. The molecule has 2 aliphatic rings. The number of fused-ring (bicyclic) bond motifs is 1. The van der Waals surface area contributed by atoms with Gasteiger partial charge in [0.25, 0.3) is 0 Å². The second-order valence-corrected chi connectivity index (χ2v) is 8.72. The van der Waals surface area contributed by atoms with Crippen molar-refractivity contribution in [2.45, 2.75) is 38.9 Å². The van der Waals surface area contributed by atoms with E-state index in [0.29, 0.717) is 0 Å². The van der Waals surface area contributed by atoms with E-state index in [-0.39, 0.29) is 5.25 Å². The monoisotopic (exact) mass is 435 g/mol. The average molecular weight is 436 g/mol. The highest BCUT2D eigenvalue weighted by atomic mass is 32.2. The van der Waals surface area contributed by atoms with E-state index in [1.807, 2.05) is 19.3 Å². The lowest BCUT2D eigenvalue weighted by Crippen LogP contribution is -2.25. The molecule has 0 saturated carbocycles. The molecule has 1 unspecified atom stereocenters. The number of hydrogen-bond acceptors (Lipinski definition) is 6. The first kappa shape index (κ1) is 22.9. The van der Waals surface area contributed by atoms with Gasteiger partial charge in [0.15, 0.2) is 5.17 Å². The molecule has 0 fully saturated rings. The number of pyridine rings is 1. The van der Waals surface area contributed by atoms with Crippen LogP contribution in [-0.4, -0.2) is 35.5 Å². The summed E-state index contributed by atoms with van der Waals surface area (Å²) in [4.78, 5) is 11.7. The van der Waals surface area contributed by atoms with E-state index in [1.165, 1.54) is 5.69 Å². The van der Waals surface area contributed by atoms with Crippen molar-refractivity contribution in [1.29, 1.82) is 0 Å². The molecule has 1 aromatic heterocycles. The van der Waals surface area contributed by atoms with E-state index in [4.69, 9.17) is 4.99 Å². The molecule has 1 aromatic rings. The first-order valence-corrected chi connectivity index (χ1v) is 11.8. The van der Waals surface area contributed by atoms with Gasteiger partial charge in [-0.25, -0.2) is 9.98 Å². The summed E-state index contributed by atoms with van der Waals surface area (Å²) >= 11 is 1.70. The Kier molecular flexibility index (Phi) is 8.18. The number of nitrogens with zero attached hydrogens (tertiary/aromatic N) is 3. The second-order valence-electron chi connectivity index (χ2n) is 7.55. The Labute approximate surface area is 190 Å². The maximum absolute atomic E-state index is 4.79. The molecule has 0 aromatic carbocycles. The molecule has 3 rings (SSSR count). The Bertz CT molecular complexity index is 948. The Morgan fingerprint density at radius 3 is 2.68 bits per heavy atom. The molecule has 1 aliphatic carbocycles. The van der Waals surface area contributed by atoms with Gasteiger partial charge in [-0.05, 0) is 49.1 Å². The lowest BCUT2D eigenvalue weighted by atomic mass is 10.0. The first-order chi connectivity index (χ1) is 15.1. The van der Waals surface area contributed by atoms with Gasteiger partial charge in [-0.3, -0.25) is 0 Å². The SMILES string of the molecule is C=C/C(C1=CC2C=C(C=C1)N=C(Nc1cc(N(CCC)CCC)ccn1)S2)=C(/C)NC. The molecule has 1 atom stereocenters. The molecule has 2 N–H and O–H groups in total. The lowest BCUT2D eigenvalue weighted by Gasteiger charge is -2.24. The predicted octanol–water partition coefficient (Wildman–Crippen LogP) is 5.65. The number of rotatable bonds is 9. The fourth-order valence-corrected chi connectivity index (χ4v) is 4.66. The summed E-state index contributed by atoms with van der Waals surface area (Å²) in [5, 5.41) is 7.72. The number of nitrogens with one attached hydrogen (secondary N) is 2. The highest BCUT2D eigenvalue weighted by Gasteiger charge is 2.19. The van der Waals surface area contributed by atoms with Crippen LogP contribution in [0.15, 0.2) is 82.8 Å². The van der Waals surface area contributed by atoms with Crippen LogP contribution in [0.3, 0.4) is 0 Å². The van der Waals surface area contributed by atoms with Crippen molar-refractivity contribution in [2.24, 2.45) is 4.99 Å². The Hall–Kier alpha value is -2.73. The van der Waals surface area contributed by atoms with E-state index >= 15 is 0 Å². The normalized spacial score (nSPS) is 18.2. The lowest BCUT2D eigenvalue weighted by molar-refractivity contribution is 0.744. The summed E-state index contributed by atoms with van der Waals surface area (Å²) in [6, 6.07) is 4.20. The van der Waals surface area contributed by atoms with Gasteiger partial charge in [0, 0.05) is 43.8 Å². The smallest absolute Gasteiger partial charge is 0.168 e. The van der Waals surface area contributed by atoms with Crippen LogP contribution in [0.25, 0.3) is 0 Å². The third kappa shape index (κ3) is 5.91. The summed E-state index contributed by atoms with van der Waals surface area (Å²) in [7, 11) is 1.93. The number of hydrogen-bond donors (Lipinski definition) is 2. The third-order valence-electron chi connectivity index (χ3n) is 5.22. The van der Waals surface area contributed by atoms with E-state index in [2.05, 4.69) is 84.3 Å². The molecule has 0 radical (unpaired) electrons. The molecule has 2 heterocycles. The van der Waals surface area contributed by atoms with Crippen molar-refractivity contribution >= 4 is 28.4 Å². The molecular weight excluding hydrogens is 402 g/mol. The van der Waals surface area contributed by atoms with Crippen LogP contribution < -0.4 is 15.5 Å². The largest absolute Gasteiger partial charge is 0.391 e. The average Bonchev–Trinajstić information content (AvgIpc) is 2.91. The molecule has 1 aliphatic heterocycles. The van der Waals surface area contributed by atoms with Gasteiger partial charge >= 0.3 is 0 Å². The highest BCUT2D eigenvalue weighted by Crippen LogP contribution is 2.31. The van der Waals surface area contributed by atoms with Gasteiger partial charge < -0.3 is 15.5 Å². The molecule has 31 heavy (non-hydrogen) atoms. The molecule has 5 nitrogen and oxygen atoms in total. The summed E-state index contributed by atoms with van der Waals surface area (Å²) < 4.78 is 0. The van der Waals surface area contributed by atoms with Gasteiger partial charge in [0.05, 0.1) is 10.9 Å². The molecular formula is C25H33N5S. The maximum Gasteiger partial charge on any atom is 0.168 e. The number of amidine groups is 1. The van der Waals surface area contributed by atoms with Crippen molar-refractivity contribution in [1.82, 2.24) is 10.3 Å². The zero-order chi connectivity index (χ0) is 22.2. The van der Waals surface area contributed by atoms with Crippen molar-refractivity contribution in [3.8, 4) is 0 Å². The maximum atomic E-state index is 4.79. The predicted molar refractivity (Wildman–Crippen MR) is 137 cm³/mol. The molecule has 164 valence electrons. The van der Waals surface area contributed by atoms with Crippen LogP contribution in [0.1, 0.15) is 33.6 Å². The van der Waals surface area contributed by atoms with Gasteiger partial charge in [0.1, 0.15) is 5.82 Å². The highest BCUT2D eigenvalue weighted by molar-refractivity contribution is 8.15. The number of aliphatic imine (C=N–C) groups is 1. The van der Waals surface area contributed by atoms with Gasteiger partial charge in [-0.2, -0.15) is 0 Å². The molecule has 0 saturated heterocycles. The molecule has 2 bridgehead atoms. The molecule has 0 spiro atoms. The summed E-state index contributed by atoms with van der Waals surface area (Å²) in [5.41, 5.74) is 5.51. The number of allylic oxidation sites excluding steroid dienone is 6. The van der Waals surface area contributed by atoms with E-state index in [9.17, 15) is 0 Å². The van der Waals surface area contributed by atoms with E-state index in [0.717, 1.165) is 59.5 Å². The summed E-state index contributed by atoms with van der Waals surface area (Å²) in [6.45, 7) is 12.6. The Balaban J connectivity index is 1.78. The standard InChI is InChI=1S/C25H33N5S/c1-6-13-30(14-7-2)21-11-12-27-24(17-21)29-25-28-20-10-9-19(15-22(16-20)31-25)23(8-3)18(4)26-5/h8-12,15-17,22,26H,3,6-7,13-14H2,1-2,4-5H3,(H,27,28,29)/b23-18+. The minimum Gasteiger partial charge on any atom is -0.391 e. The molecule has 6 heteroatoms. The third-order valence-corrected chi connectivity index (χ3v) is 6.18. The van der Waals surface area contributed by atoms with E-state index < -0.39 is 0 Å². The fourth-order valence-electron chi connectivity index (χ4n) is 3.66. The number of anilines is 2. The number of aromatic nitrogens is 1. The van der Waals surface area contributed by atoms with Crippen LogP contribution >= 0.6 is 11.8 Å². The van der Waals surface area contributed by atoms with Gasteiger partial charge in [-0.15, -0.1) is 0 Å². The second kappa shape index (κ2) is 11.0. The topological polar surface area (TPSA) is 52.6 Å². The van der Waals surface area contributed by atoms with Crippen LogP contribution in [0.4, 0.5) is 11.5 Å². The van der Waals surface area contributed by atoms with Crippen molar-refractivity contribution in [2.75, 3.05) is 30.4 Å². The zero-order valence-corrected chi connectivity index (χ0v) is 19.8. The fraction of sp³-hybridized carbons (Fsp3) is 0.360. The van der Waals surface area contributed by atoms with Crippen LogP contribution in [0, 0.1) is 0 Å². The van der Waals surface area contributed by atoms with Crippen LogP contribution in [-0.2, 0) is 0 Å². The minimum absolute atomic E-state index is 0.194. The van der Waals surface area contributed by atoms with Gasteiger partial charge in [-0.1, -0.05) is 50.4 Å². The van der Waals surface area contributed by atoms with Crippen molar-refractivity contribution in [3.05, 3.63) is 77.8 Å². The van der Waals surface area contributed by atoms with E-state index in [1.54, 1.807) is 11.8 Å². The van der Waals surface area contributed by atoms with Crippen molar-refractivity contribution < 1.29 is 0 Å². The van der Waals surface area contributed by atoms with Crippen molar-refractivity contribution in [3.63, 3.8) is 0 Å². The summed E-state index contributed by atoms with van der Waals surface area (Å²) in [5.74, 6) is 0.825. The molecule has 0 amide bonds. The number of thioether (sulfide) groups is 1. The Morgan fingerprint density at radius 1 is 1.23 bits per heavy atom. The quantitative estimate of drug-likeness (QED) is 0.491. The zero-order valence-electron chi connectivity index (χ0n) is 19.0. The van der Waals surface area contributed by atoms with Crippen LogP contribution in [0.2, 0.25) is 0 Å². The van der Waals surface area contributed by atoms with Crippen LogP contribution in [0.5, 0.6) is 0 Å². The minimum atomic E-state index is 0.194.